The minimum absolute atomic E-state index is 0. The summed E-state index contributed by atoms with van der Waals surface area (Å²) in [6, 6.07) is 12.7. The topological polar surface area (TPSA) is 56.7 Å². The molecule has 0 unspecified atom stereocenters. The number of nitrogens with zero attached hydrogens (tertiary/aromatic N) is 2. The van der Waals surface area contributed by atoms with Gasteiger partial charge in [0.25, 0.3) is 5.91 Å². The minimum Gasteiger partial charge on any atom is -0.356 e. The van der Waals surface area contributed by atoms with Crippen LogP contribution in [0.3, 0.4) is 0 Å². The number of hydrogen-bond acceptors (Lipinski definition) is 2. The van der Waals surface area contributed by atoms with Gasteiger partial charge in [0.05, 0.1) is 5.56 Å². The number of halogens is 4. The molecule has 176 valence electrons. The van der Waals surface area contributed by atoms with Gasteiger partial charge in [-0.05, 0) is 29.3 Å². The van der Waals surface area contributed by atoms with Gasteiger partial charge in [0, 0.05) is 45.2 Å². The molecule has 2 N–H and O–H groups in total. The Hall–Kier alpha value is -2.30. The molecule has 0 radical (unpaired) electrons. The van der Waals surface area contributed by atoms with Crippen molar-refractivity contribution in [3.63, 3.8) is 0 Å². The molecule has 2 aromatic carbocycles. The fourth-order valence-corrected chi connectivity index (χ4v) is 2.95. The number of carbonyl (C=O) groups excluding carboxylic acids is 1. The van der Waals surface area contributed by atoms with Crippen LogP contribution in [0.25, 0.3) is 0 Å². The van der Waals surface area contributed by atoms with E-state index in [1.807, 2.05) is 26.0 Å². The molecule has 0 bridgehead atoms. The third-order valence-corrected chi connectivity index (χ3v) is 4.96. The third kappa shape index (κ3) is 7.68. The van der Waals surface area contributed by atoms with Crippen LogP contribution in [0.15, 0.2) is 53.5 Å². The molecule has 9 heteroatoms. The second-order valence-electron chi connectivity index (χ2n) is 8.14. The average molecular weight is 562 g/mol. The molecule has 0 fully saturated rings. The standard InChI is InChI=1S/C23H29F3N4O.HI/c1-22(2,18-7-6-8-19(13-18)23(24,25)26)15-29-21(27-3)28-14-16-9-11-17(12-10-16)20(31)30(4)5;/h6-13H,14-15H2,1-5H3,(H2,27,28,29);1H. The summed E-state index contributed by atoms with van der Waals surface area (Å²) in [5.41, 5.74) is 0.963. The average Bonchev–Trinajstić information content (AvgIpc) is 2.73. The van der Waals surface area contributed by atoms with Crippen molar-refractivity contribution in [2.45, 2.75) is 32.0 Å². The maximum Gasteiger partial charge on any atom is 0.416 e. The Bertz CT molecular complexity index is 926. The number of amides is 1. The molecular formula is C23H30F3IN4O. The van der Waals surface area contributed by atoms with Gasteiger partial charge in [-0.2, -0.15) is 13.2 Å². The van der Waals surface area contributed by atoms with Gasteiger partial charge in [0.1, 0.15) is 0 Å². The zero-order valence-corrected chi connectivity index (χ0v) is 21.2. The quantitative estimate of drug-likeness (QED) is 0.306. The normalized spacial score (nSPS) is 12.1. The highest BCUT2D eigenvalue weighted by molar-refractivity contribution is 14.0. The maximum atomic E-state index is 13.0. The molecule has 5 nitrogen and oxygen atoms in total. The van der Waals surface area contributed by atoms with Crippen molar-refractivity contribution < 1.29 is 18.0 Å². The lowest BCUT2D eigenvalue weighted by Gasteiger charge is -2.27. The van der Waals surface area contributed by atoms with Crippen LogP contribution in [0.2, 0.25) is 0 Å². The molecule has 1 amide bonds. The van der Waals surface area contributed by atoms with Gasteiger partial charge in [-0.3, -0.25) is 9.79 Å². The molecule has 32 heavy (non-hydrogen) atoms. The van der Waals surface area contributed by atoms with Crippen molar-refractivity contribution in [2.75, 3.05) is 27.7 Å². The van der Waals surface area contributed by atoms with Crippen LogP contribution >= 0.6 is 24.0 Å². The molecule has 0 saturated heterocycles. The highest BCUT2D eigenvalue weighted by atomic mass is 127. The number of rotatable bonds is 6. The molecule has 0 spiro atoms. The zero-order valence-electron chi connectivity index (χ0n) is 18.9. The fourth-order valence-electron chi connectivity index (χ4n) is 2.95. The molecule has 0 heterocycles. The molecule has 0 aromatic heterocycles. The summed E-state index contributed by atoms with van der Waals surface area (Å²) < 4.78 is 39.1. The summed E-state index contributed by atoms with van der Waals surface area (Å²) in [6.07, 6.45) is -4.37. The lowest BCUT2D eigenvalue weighted by molar-refractivity contribution is -0.137. The van der Waals surface area contributed by atoms with Crippen LogP contribution in [0.1, 0.15) is 40.9 Å². The van der Waals surface area contributed by atoms with Crippen molar-refractivity contribution in [2.24, 2.45) is 4.99 Å². The van der Waals surface area contributed by atoms with Crippen LogP contribution in [0.4, 0.5) is 13.2 Å². The second-order valence-corrected chi connectivity index (χ2v) is 8.14. The number of alkyl halides is 3. The van der Waals surface area contributed by atoms with Gasteiger partial charge in [-0.1, -0.05) is 44.2 Å². The van der Waals surface area contributed by atoms with Gasteiger partial charge in [0.15, 0.2) is 5.96 Å². The third-order valence-electron chi connectivity index (χ3n) is 4.96. The SMILES string of the molecule is CN=C(NCc1ccc(C(=O)N(C)C)cc1)NCC(C)(C)c1cccc(C(F)(F)F)c1.I. The molecule has 0 aliphatic heterocycles. The van der Waals surface area contributed by atoms with E-state index in [0.717, 1.165) is 11.6 Å². The first kappa shape index (κ1) is 27.7. The van der Waals surface area contributed by atoms with Gasteiger partial charge in [-0.25, -0.2) is 0 Å². The molecule has 2 aromatic rings. The van der Waals surface area contributed by atoms with E-state index >= 15 is 0 Å². The van der Waals surface area contributed by atoms with Crippen molar-refractivity contribution >= 4 is 35.8 Å². The van der Waals surface area contributed by atoms with Gasteiger partial charge in [0.2, 0.25) is 0 Å². The summed E-state index contributed by atoms with van der Waals surface area (Å²) in [4.78, 5) is 17.7. The molecule has 0 aliphatic carbocycles. The minimum atomic E-state index is -4.37. The van der Waals surface area contributed by atoms with E-state index in [2.05, 4.69) is 15.6 Å². The molecular weight excluding hydrogens is 532 g/mol. The summed E-state index contributed by atoms with van der Waals surface area (Å²) >= 11 is 0. The van der Waals surface area contributed by atoms with E-state index in [-0.39, 0.29) is 29.9 Å². The number of aliphatic imine (C=N–C) groups is 1. The number of nitrogens with one attached hydrogen (secondary N) is 2. The first-order valence-corrected chi connectivity index (χ1v) is 9.87. The Balaban J connectivity index is 0.00000512. The number of guanidine groups is 1. The predicted molar refractivity (Wildman–Crippen MR) is 133 cm³/mol. The monoisotopic (exact) mass is 562 g/mol. The van der Waals surface area contributed by atoms with E-state index in [1.54, 1.807) is 39.3 Å². The molecule has 0 aliphatic rings. The molecule has 2 rings (SSSR count). The number of benzene rings is 2. The molecule has 0 saturated carbocycles. The van der Waals surface area contributed by atoms with Crippen LogP contribution in [0, 0.1) is 0 Å². The Morgan fingerprint density at radius 3 is 2.12 bits per heavy atom. The van der Waals surface area contributed by atoms with Gasteiger partial charge >= 0.3 is 6.18 Å². The zero-order chi connectivity index (χ0) is 23.2. The largest absolute Gasteiger partial charge is 0.416 e. The Labute approximate surface area is 204 Å². The molecule has 0 atom stereocenters. The van der Waals surface area contributed by atoms with Crippen molar-refractivity contribution in [3.05, 3.63) is 70.8 Å². The first-order valence-electron chi connectivity index (χ1n) is 9.87. The number of carbonyl (C=O) groups is 1. The van der Waals surface area contributed by atoms with Crippen molar-refractivity contribution in [1.82, 2.24) is 15.5 Å². The van der Waals surface area contributed by atoms with Gasteiger partial charge in [-0.15, -0.1) is 24.0 Å². The lowest BCUT2D eigenvalue weighted by atomic mass is 9.84. The summed E-state index contributed by atoms with van der Waals surface area (Å²) in [7, 11) is 5.04. The highest BCUT2D eigenvalue weighted by Crippen LogP contribution is 2.32. The van der Waals surface area contributed by atoms with E-state index in [0.29, 0.717) is 30.2 Å². The Morgan fingerprint density at radius 2 is 1.59 bits per heavy atom. The van der Waals surface area contributed by atoms with Crippen LogP contribution < -0.4 is 10.6 Å². The fraction of sp³-hybridized carbons (Fsp3) is 0.391. The van der Waals surface area contributed by atoms with E-state index in [4.69, 9.17) is 0 Å². The lowest BCUT2D eigenvalue weighted by Crippen LogP contribution is -2.43. The second kappa shape index (κ2) is 11.5. The van der Waals surface area contributed by atoms with Crippen LogP contribution in [-0.4, -0.2) is 44.5 Å². The smallest absolute Gasteiger partial charge is 0.356 e. The summed E-state index contributed by atoms with van der Waals surface area (Å²) in [5, 5.41) is 6.36. The van der Waals surface area contributed by atoms with Crippen molar-refractivity contribution in [3.8, 4) is 0 Å². The van der Waals surface area contributed by atoms with Crippen LogP contribution in [-0.2, 0) is 18.1 Å². The van der Waals surface area contributed by atoms with Crippen molar-refractivity contribution in [1.29, 1.82) is 0 Å². The maximum absolute atomic E-state index is 13.0. The first-order chi connectivity index (χ1) is 14.4. The predicted octanol–water partition coefficient (Wildman–Crippen LogP) is 4.67. The summed E-state index contributed by atoms with van der Waals surface area (Å²) in [5.74, 6) is 0.474. The summed E-state index contributed by atoms with van der Waals surface area (Å²) in [6.45, 7) is 4.64. The highest BCUT2D eigenvalue weighted by Gasteiger charge is 2.32. The van der Waals surface area contributed by atoms with Crippen LogP contribution in [0.5, 0.6) is 0 Å². The van der Waals surface area contributed by atoms with E-state index in [9.17, 15) is 18.0 Å². The van der Waals surface area contributed by atoms with E-state index < -0.39 is 17.2 Å². The number of hydrogen-bond donors (Lipinski definition) is 2. The van der Waals surface area contributed by atoms with E-state index in [1.165, 1.54) is 17.0 Å². The van der Waals surface area contributed by atoms with Gasteiger partial charge < -0.3 is 15.5 Å². The Kier molecular flexibility index (Phi) is 9.99. The Morgan fingerprint density at radius 1 is 1.00 bits per heavy atom.